The van der Waals surface area contributed by atoms with Crippen molar-refractivity contribution in [1.82, 2.24) is 4.57 Å². The fourth-order valence-electron chi connectivity index (χ4n) is 3.31. The largest absolute Gasteiger partial charge is 0.486 e. The van der Waals surface area contributed by atoms with Crippen LogP contribution in [0.25, 0.3) is 10.2 Å². The molecule has 0 atom stereocenters. The van der Waals surface area contributed by atoms with Gasteiger partial charge in [0.15, 0.2) is 27.8 Å². The summed E-state index contributed by atoms with van der Waals surface area (Å²) in [6.07, 6.45) is 0.922. The van der Waals surface area contributed by atoms with Crippen LogP contribution in [0.2, 0.25) is 0 Å². The summed E-state index contributed by atoms with van der Waals surface area (Å²) in [5, 5.41) is 0. The maximum Gasteiger partial charge on any atom is 0.279 e. The molecule has 0 radical (unpaired) electrons. The number of carbonyl (C=O) groups excluding carboxylic acids is 1. The molecule has 28 heavy (non-hydrogen) atoms. The third-order valence-corrected chi connectivity index (χ3v) is 5.65. The number of benzene rings is 2. The molecule has 144 valence electrons. The molecule has 0 aliphatic carbocycles. The molecule has 0 saturated carbocycles. The van der Waals surface area contributed by atoms with Gasteiger partial charge in [0.2, 0.25) is 6.79 Å². The van der Waals surface area contributed by atoms with Crippen LogP contribution in [-0.2, 0) is 6.54 Å². The minimum atomic E-state index is -0.312. The lowest BCUT2D eigenvalue weighted by Gasteiger charge is -2.18. The average Bonchev–Trinajstić information content (AvgIpc) is 3.30. The van der Waals surface area contributed by atoms with Crippen molar-refractivity contribution in [2.45, 2.75) is 19.9 Å². The number of thiazole rings is 1. The second kappa shape index (κ2) is 6.87. The van der Waals surface area contributed by atoms with E-state index in [1.807, 2.05) is 12.1 Å². The molecule has 8 heteroatoms. The third kappa shape index (κ3) is 2.90. The molecule has 0 saturated heterocycles. The summed E-state index contributed by atoms with van der Waals surface area (Å²) in [5.41, 5.74) is 1.46. The van der Waals surface area contributed by atoms with E-state index >= 15 is 0 Å². The zero-order valence-corrected chi connectivity index (χ0v) is 16.1. The topological polar surface area (TPSA) is 71.3 Å². The molecule has 3 aromatic rings. The number of amides is 1. The van der Waals surface area contributed by atoms with E-state index in [1.54, 1.807) is 18.2 Å². The van der Waals surface area contributed by atoms with E-state index in [4.69, 9.17) is 18.9 Å². The number of ether oxygens (including phenoxy) is 4. The highest BCUT2D eigenvalue weighted by Crippen LogP contribution is 2.37. The molecule has 1 amide bonds. The summed E-state index contributed by atoms with van der Waals surface area (Å²) < 4.78 is 25.1. The Balaban J connectivity index is 1.58. The SMILES string of the molecule is CCCn1c(=NC(=O)c2ccc3c(c2)OCCO3)sc2cc3c(cc21)OCO3. The van der Waals surface area contributed by atoms with E-state index in [-0.39, 0.29) is 12.7 Å². The summed E-state index contributed by atoms with van der Waals surface area (Å²) in [5.74, 6) is 2.37. The number of rotatable bonds is 3. The molecule has 5 rings (SSSR count). The Bertz CT molecular complexity index is 1150. The lowest BCUT2D eigenvalue weighted by molar-refractivity contribution is 0.0996. The number of aryl methyl sites for hydroxylation is 1. The lowest BCUT2D eigenvalue weighted by Crippen LogP contribution is -2.18. The van der Waals surface area contributed by atoms with Crippen LogP contribution < -0.4 is 23.7 Å². The molecule has 2 aliphatic heterocycles. The number of nitrogens with zero attached hydrogens (tertiary/aromatic N) is 2. The summed E-state index contributed by atoms with van der Waals surface area (Å²) in [4.78, 5) is 17.9. The van der Waals surface area contributed by atoms with E-state index in [0.717, 1.165) is 34.7 Å². The molecule has 0 spiro atoms. The van der Waals surface area contributed by atoms with E-state index in [9.17, 15) is 4.79 Å². The smallest absolute Gasteiger partial charge is 0.279 e. The molecule has 0 unspecified atom stereocenters. The number of hydrogen-bond donors (Lipinski definition) is 0. The number of carbonyl (C=O) groups is 1. The van der Waals surface area contributed by atoms with Gasteiger partial charge < -0.3 is 23.5 Å². The van der Waals surface area contributed by atoms with Gasteiger partial charge in [-0.25, -0.2) is 0 Å². The molecule has 2 aromatic carbocycles. The Morgan fingerprint density at radius 1 is 1.04 bits per heavy atom. The van der Waals surface area contributed by atoms with Gasteiger partial charge in [0.05, 0.1) is 10.2 Å². The Morgan fingerprint density at radius 2 is 1.79 bits per heavy atom. The highest BCUT2D eigenvalue weighted by Gasteiger charge is 2.19. The van der Waals surface area contributed by atoms with E-state index in [2.05, 4.69) is 16.5 Å². The van der Waals surface area contributed by atoms with Gasteiger partial charge in [-0.05, 0) is 24.6 Å². The van der Waals surface area contributed by atoms with Crippen molar-refractivity contribution in [2.75, 3.05) is 20.0 Å². The van der Waals surface area contributed by atoms with Gasteiger partial charge in [-0.15, -0.1) is 0 Å². The first-order chi connectivity index (χ1) is 13.7. The van der Waals surface area contributed by atoms with Gasteiger partial charge in [-0.1, -0.05) is 18.3 Å². The van der Waals surface area contributed by atoms with Crippen LogP contribution in [0, 0.1) is 0 Å². The van der Waals surface area contributed by atoms with Crippen LogP contribution in [0.5, 0.6) is 23.0 Å². The predicted molar refractivity (Wildman–Crippen MR) is 104 cm³/mol. The van der Waals surface area contributed by atoms with Crippen LogP contribution in [-0.4, -0.2) is 30.5 Å². The summed E-state index contributed by atoms with van der Waals surface area (Å²) in [7, 11) is 0. The molecule has 0 bridgehead atoms. The zero-order chi connectivity index (χ0) is 19.1. The van der Waals surface area contributed by atoms with Gasteiger partial charge in [0, 0.05) is 24.2 Å². The summed E-state index contributed by atoms with van der Waals surface area (Å²) in [6.45, 7) is 4.08. The van der Waals surface area contributed by atoms with Crippen molar-refractivity contribution in [3.05, 3.63) is 40.7 Å². The zero-order valence-electron chi connectivity index (χ0n) is 15.3. The van der Waals surface area contributed by atoms with Crippen LogP contribution in [0.4, 0.5) is 0 Å². The maximum atomic E-state index is 12.8. The van der Waals surface area contributed by atoms with Crippen molar-refractivity contribution in [2.24, 2.45) is 4.99 Å². The second-order valence-corrected chi connectivity index (χ2v) is 7.49. The summed E-state index contributed by atoms with van der Waals surface area (Å²) in [6, 6.07) is 9.06. The average molecular weight is 398 g/mol. The van der Waals surface area contributed by atoms with E-state index in [0.29, 0.717) is 35.1 Å². The fourth-order valence-corrected chi connectivity index (χ4v) is 4.38. The normalized spacial score (nSPS) is 15.2. The molecule has 2 aliphatic rings. The highest BCUT2D eigenvalue weighted by molar-refractivity contribution is 7.16. The minimum absolute atomic E-state index is 0.236. The van der Waals surface area contributed by atoms with Gasteiger partial charge in [0.25, 0.3) is 5.91 Å². The maximum absolute atomic E-state index is 12.8. The Labute approximate surface area is 164 Å². The number of aromatic nitrogens is 1. The van der Waals surface area contributed by atoms with Crippen LogP contribution in [0.15, 0.2) is 35.3 Å². The molecular weight excluding hydrogens is 380 g/mol. The summed E-state index contributed by atoms with van der Waals surface area (Å²) >= 11 is 1.47. The van der Waals surface area contributed by atoms with Gasteiger partial charge >= 0.3 is 0 Å². The molecule has 0 N–H and O–H groups in total. The van der Waals surface area contributed by atoms with Gasteiger partial charge in [0.1, 0.15) is 13.2 Å². The minimum Gasteiger partial charge on any atom is -0.486 e. The Kier molecular flexibility index (Phi) is 4.20. The van der Waals surface area contributed by atoms with Crippen molar-refractivity contribution in [3.8, 4) is 23.0 Å². The monoisotopic (exact) mass is 398 g/mol. The number of fused-ring (bicyclic) bond motifs is 3. The molecule has 0 fully saturated rings. The lowest BCUT2D eigenvalue weighted by atomic mass is 10.2. The fraction of sp³-hybridized carbons (Fsp3) is 0.300. The van der Waals surface area contributed by atoms with Gasteiger partial charge in [-0.3, -0.25) is 4.79 Å². The Hall–Kier alpha value is -3.00. The highest BCUT2D eigenvalue weighted by atomic mass is 32.1. The van der Waals surface area contributed by atoms with E-state index < -0.39 is 0 Å². The first kappa shape index (κ1) is 17.1. The molecule has 3 heterocycles. The van der Waals surface area contributed by atoms with E-state index in [1.165, 1.54) is 11.3 Å². The quantitative estimate of drug-likeness (QED) is 0.677. The predicted octanol–water partition coefficient (Wildman–Crippen LogP) is 3.35. The van der Waals surface area contributed by atoms with Crippen molar-refractivity contribution in [3.63, 3.8) is 0 Å². The third-order valence-electron chi connectivity index (χ3n) is 4.61. The first-order valence-corrected chi connectivity index (χ1v) is 9.96. The van der Waals surface area contributed by atoms with Crippen LogP contribution in [0.1, 0.15) is 23.7 Å². The molecule has 1 aromatic heterocycles. The van der Waals surface area contributed by atoms with Gasteiger partial charge in [-0.2, -0.15) is 4.99 Å². The first-order valence-electron chi connectivity index (χ1n) is 9.14. The second-order valence-electron chi connectivity index (χ2n) is 6.48. The molecular formula is C20H18N2O5S. The Morgan fingerprint density at radius 3 is 2.61 bits per heavy atom. The van der Waals surface area contributed by atoms with Crippen LogP contribution >= 0.6 is 11.3 Å². The van der Waals surface area contributed by atoms with Crippen molar-refractivity contribution < 1.29 is 23.7 Å². The standard InChI is InChI=1S/C20H18N2O5S/c1-2-5-22-13-9-16-17(27-11-26-16)10-18(13)28-20(22)21-19(23)12-3-4-14-15(8-12)25-7-6-24-14/h3-4,8-10H,2,5-7,11H2,1H3. The molecule has 7 nitrogen and oxygen atoms in total. The van der Waals surface area contributed by atoms with Crippen molar-refractivity contribution >= 4 is 27.5 Å². The number of hydrogen-bond acceptors (Lipinski definition) is 6. The van der Waals surface area contributed by atoms with Crippen molar-refractivity contribution in [1.29, 1.82) is 0 Å². The van der Waals surface area contributed by atoms with Crippen LogP contribution in [0.3, 0.4) is 0 Å².